The van der Waals surface area contributed by atoms with E-state index < -0.39 is 6.04 Å². The second-order valence-corrected chi connectivity index (χ2v) is 9.42. The molecule has 0 bridgehead atoms. The van der Waals surface area contributed by atoms with Gasteiger partial charge in [-0.25, -0.2) is 0 Å². The molecule has 1 aromatic rings. The first-order valence-corrected chi connectivity index (χ1v) is 11.4. The summed E-state index contributed by atoms with van der Waals surface area (Å²) in [5.41, 5.74) is 1.34. The van der Waals surface area contributed by atoms with Crippen LogP contribution in [0, 0.1) is 17.8 Å². The van der Waals surface area contributed by atoms with Gasteiger partial charge < -0.3 is 15.1 Å². The topological polar surface area (TPSA) is 53.9 Å². The molecule has 5 heteroatoms. The Morgan fingerprint density at radius 2 is 1.69 bits per heavy atom. The fraction of sp³-hybridized carbons (Fsp3) is 0.667. The SMILES string of the molecule is CC1CCC(C(=O)N[C@H](C(=O)N2CC[NH+](Cc3ccccc3)CC2)C(C)C)CC1. The lowest BCUT2D eigenvalue weighted by Crippen LogP contribution is -3.13. The summed E-state index contributed by atoms with van der Waals surface area (Å²) in [4.78, 5) is 29.4. The monoisotopic (exact) mass is 400 g/mol. The number of carbonyl (C=O) groups excluding carboxylic acids is 2. The number of rotatable bonds is 6. The molecule has 3 rings (SSSR count). The van der Waals surface area contributed by atoms with Crippen molar-refractivity contribution in [2.24, 2.45) is 17.8 Å². The molecule has 1 saturated carbocycles. The molecule has 0 radical (unpaired) electrons. The van der Waals surface area contributed by atoms with Crippen molar-refractivity contribution in [2.45, 2.75) is 59.0 Å². The van der Waals surface area contributed by atoms with E-state index in [0.29, 0.717) is 0 Å². The molecule has 0 unspecified atom stereocenters. The van der Waals surface area contributed by atoms with Crippen LogP contribution < -0.4 is 10.2 Å². The highest BCUT2D eigenvalue weighted by Gasteiger charge is 2.34. The quantitative estimate of drug-likeness (QED) is 0.766. The van der Waals surface area contributed by atoms with Crippen LogP contribution in [0.3, 0.4) is 0 Å². The van der Waals surface area contributed by atoms with Gasteiger partial charge >= 0.3 is 0 Å². The highest BCUT2D eigenvalue weighted by atomic mass is 16.2. The van der Waals surface area contributed by atoms with E-state index in [1.54, 1.807) is 0 Å². The zero-order valence-corrected chi connectivity index (χ0v) is 18.3. The van der Waals surface area contributed by atoms with Crippen molar-refractivity contribution in [1.29, 1.82) is 0 Å². The number of nitrogens with one attached hydrogen (secondary N) is 2. The molecule has 1 atom stereocenters. The first kappa shape index (κ1) is 21.8. The molecule has 0 aromatic heterocycles. The van der Waals surface area contributed by atoms with Gasteiger partial charge in [0.2, 0.25) is 11.8 Å². The summed E-state index contributed by atoms with van der Waals surface area (Å²) in [5.74, 6) is 1.07. The first-order valence-electron chi connectivity index (χ1n) is 11.4. The number of piperazine rings is 1. The van der Waals surface area contributed by atoms with Crippen molar-refractivity contribution < 1.29 is 14.5 Å². The Kier molecular flexibility index (Phi) is 7.70. The van der Waals surface area contributed by atoms with Crippen LogP contribution >= 0.6 is 0 Å². The number of hydrogen-bond donors (Lipinski definition) is 2. The van der Waals surface area contributed by atoms with Gasteiger partial charge in [-0.05, 0) is 37.5 Å². The molecule has 2 N–H and O–H groups in total. The van der Waals surface area contributed by atoms with E-state index in [0.717, 1.165) is 64.3 Å². The summed E-state index contributed by atoms with van der Waals surface area (Å²) in [6.45, 7) is 10.8. The predicted molar refractivity (Wildman–Crippen MR) is 115 cm³/mol. The second kappa shape index (κ2) is 10.2. The van der Waals surface area contributed by atoms with Crippen LogP contribution in [0.2, 0.25) is 0 Å². The van der Waals surface area contributed by atoms with Crippen molar-refractivity contribution in [2.75, 3.05) is 26.2 Å². The normalized spacial score (nSPS) is 24.3. The summed E-state index contributed by atoms with van der Waals surface area (Å²) < 4.78 is 0. The Hall–Kier alpha value is -1.88. The van der Waals surface area contributed by atoms with E-state index in [9.17, 15) is 9.59 Å². The van der Waals surface area contributed by atoms with Gasteiger partial charge in [-0.1, -0.05) is 51.1 Å². The smallest absolute Gasteiger partial charge is 0.245 e. The zero-order valence-electron chi connectivity index (χ0n) is 18.3. The molecule has 5 nitrogen and oxygen atoms in total. The lowest BCUT2D eigenvalue weighted by Gasteiger charge is -2.36. The lowest BCUT2D eigenvalue weighted by atomic mass is 9.82. The highest BCUT2D eigenvalue weighted by Crippen LogP contribution is 2.28. The molecule has 29 heavy (non-hydrogen) atoms. The average Bonchev–Trinajstić information content (AvgIpc) is 2.73. The molecule has 2 aliphatic rings. The third-order valence-electron chi connectivity index (χ3n) is 6.70. The molecule has 1 aromatic carbocycles. The van der Waals surface area contributed by atoms with E-state index >= 15 is 0 Å². The minimum atomic E-state index is -0.405. The lowest BCUT2D eigenvalue weighted by molar-refractivity contribution is -0.917. The van der Waals surface area contributed by atoms with Crippen molar-refractivity contribution >= 4 is 11.8 Å². The Morgan fingerprint density at radius 1 is 1.07 bits per heavy atom. The van der Waals surface area contributed by atoms with E-state index in [1.807, 2.05) is 24.8 Å². The summed E-state index contributed by atoms with van der Waals surface area (Å²) in [5, 5.41) is 3.11. The number of benzene rings is 1. The van der Waals surface area contributed by atoms with Gasteiger partial charge in [-0.15, -0.1) is 0 Å². The maximum absolute atomic E-state index is 13.2. The van der Waals surface area contributed by atoms with Crippen molar-refractivity contribution in [3.63, 3.8) is 0 Å². The number of quaternary nitrogens is 1. The summed E-state index contributed by atoms with van der Waals surface area (Å²) in [7, 11) is 0. The Labute approximate surface area is 175 Å². The standard InChI is InChI=1S/C24H37N3O2/c1-18(2)22(25-23(28)21-11-9-19(3)10-12-21)24(29)27-15-13-26(14-16-27)17-20-7-5-4-6-8-20/h4-8,18-19,21-22H,9-17H2,1-3H3,(H,25,28)/p+1/t19?,21?,22-/m0/s1. The molecule has 2 amide bonds. The third-order valence-corrected chi connectivity index (χ3v) is 6.70. The maximum Gasteiger partial charge on any atom is 0.245 e. The number of carbonyl (C=O) groups is 2. The van der Waals surface area contributed by atoms with Gasteiger partial charge in [0.1, 0.15) is 12.6 Å². The Morgan fingerprint density at radius 3 is 2.28 bits per heavy atom. The first-order chi connectivity index (χ1) is 13.9. The van der Waals surface area contributed by atoms with Gasteiger partial charge in [-0.3, -0.25) is 9.59 Å². The van der Waals surface area contributed by atoms with Gasteiger partial charge in [0.05, 0.1) is 26.2 Å². The van der Waals surface area contributed by atoms with Gasteiger partial charge in [0.25, 0.3) is 0 Å². The average molecular weight is 401 g/mol. The van der Waals surface area contributed by atoms with Crippen molar-refractivity contribution in [3.8, 4) is 0 Å². The predicted octanol–water partition coefficient (Wildman–Crippen LogP) is 1.88. The largest absolute Gasteiger partial charge is 0.344 e. The second-order valence-electron chi connectivity index (χ2n) is 9.42. The third kappa shape index (κ3) is 6.05. The highest BCUT2D eigenvalue weighted by molar-refractivity contribution is 5.88. The minimum absolute atomic E-state index is 0.0763. The number of hydrogen-bond acceptors (Lipinski definition) is 2. The number of amides is 2. The maximum atomic E-state index is 13.2. The molecular formula is C24H38N3O2+. The summed E-state index contributed by atoms with van der Waals surface area (Å²) in [6, 6.07) is 10.1. The fourth-order valence-corrected chi connectivity index (χ4v) is 4.61. The summed E-state index contributed by atoms with van der Waals surface area (Å²) >= 11 is 0. The molecule has 160 valence electrons. The molecule has 1 aliphatic carbocycles. The van der Waals surface area contributed by atoms with E-state index in [1.165, 1.54) is 10.5 Å². The minimum Gasteiger partial charge on any atom is -0.344 e. The van der Waals surface area contributed by atoms with Gasteiger partial charge in [-0.2, -0.15) is 0 Å². The Balaban J connectivity index is 1.51. The molecule has 1 heterocycles. The van der Waals surface area contributed by atoms with Crippen LogP contribution in [0.1, 0.15) is 52.0 Å². The van der Waals surface area contributed by atoms with E-state index in [4.69, 9.17) is 0 Å². The van der Waals surface area contributed by atoms with Gasteiger partial charge in [0.15, 0.2) is 0 Å². The Bertz CT molecular complexity index is 660. The van der Waals surface area contributed by atoms with Gasteiger partial charge in [0, 0.05) is 11.5 Å². The van der Waals surface area contributed by atoms with Crippen molar-refractivity contribution in [3.05, 3.63) is 35.9 Å². The van der Waals surface area contributed by atoms with E-state index in [2.05, 4.69) is 36.5 Å². The van der Waals surface area contributed by atoms with Crippen molar-refractivity contribution in [1.82, 2.24) is 10.2 Å². The molecule has 0 spiro atoms. The molecular weight excluding hydrogens is 362 g/mol. The van der Waals surface area contributed by atoms with Crippen LogP contribution in [0.15, 0.2) is 30.3 Å². The van der Waals surface area contributed by atoms with Crippen LogP contribution in [-0.4, -0.2) is 48.9 Å². The number of nitrogens with zero attached hydrogens (tertiary/aromatic N) is 1. The van der Waals surface area contributed by atoms with Crippen LogP contribution in [0.5, 0.6) is 0 Å². The zero-order chi connectivity index (χ0) is 20.8. The van der Waals surface area contributed by atoms with Crippen LogP contribution in [0.25, 0.3) is 0 Å². The molecule has 1 aliphatic heterocycles. The fourth-order valence-electron chi connectivity index (χ4n) is 4.61. The summed E-state index contributed by atoms with van der Waals surface area (Å²) in [6.07, 6.45) is 4.14. The molecule has 1 saturated heterocycles. The van der Waals surface area contributed by atoms with Crippen LogP contribution in [0.4, 0.5) is 0 Å². The van der Waals surface area contributed by atoms with Crippen LogP contribution in [-0.2, 0) is 16.1 Å². The van der Waals surface area contributed by atoms with E-state index in [-0.39, 0.29) is 23.7 Å². The molecule has 2 fully saturated rings.